The Kier molecular flexibility index (Phi) is 4.76. The monoisotopic (exact) mass is 337 g/mol. The van der Waals surface area contributed by atoms with Gasteiger partial charge in [-0.3, -0.25) is 0 Å². The normalized spacial score (nSPS) is 10.5. The third-order valence-corrected chi connectivity index (χ3v) is 3.50. The molecule has 0 aliphatic carbocycles. The largest absolute Gasteiger partial charge is 0.461 e. The lowest BCUT2D eigenvalue weighted by Crippen LogP contribution is -2.03. The average Bonchev–Trinajstić information content (AvgIpc) is 3.33. The van der Waals surface area contributed by atoms with Gasteiger partial charge in [0.05, 0.1) is 18.6 Å². The third-order valence-electron chi connectivity index (χ3n) is 3.50. The molecule has 7 nitrogen and oxygen atoms in total. The summed E-state index contributed by atoms with van der Waals surface area (Å²) >= 11 is 0. The molecule has 0 unspecified atom stereocenters. The number of aromatic nitrogens is 4. The number of hydrogen-bond donors (Lipinski definition) is 2. The van der Waals surface area contributed by atoms with Crippen molar-refractivity contribution < 1.29 is 9.52 Å². The minimum atomic E-state index is -0.0286. The van der Waals surface area contributed by atoms with Gasteiger partial charge >= 0.3 is 0 Å². The smallest absolute Gasteiger partial charge is 0.223 e. The van der Waals surface area contributed by atoms with Crippen molar-refractivity contribution in [3.63, 3.8) is 0 Å². The van der Waals surface area contributed by atoms with Gasteiger partial charge in [0.15, 0.2) is 11.4 Å². The van der Waals surface area contributed by atoms with E-state index in [1.54, 1.807) is 24.5 Å². The number of furan rings is 1. The molecule has 4 rings (SSSR count). The van der Waals surface area contributed by atoms with E-state index in [-0.39, 0.29) is 12.6 Å². The molecule has 0 fully saturated rings. The fraction of sp³-hybridized carbons (Fsp3) is 0.167. The number of nitrogens with two attached hydrogens (primary N) is 1. The number of anilines is 1. The number of fused-ring (bicyclic) bond motifs is 1. The van der Waals surface area contributed by atoms with E-state index >= 15 is 0 Å². The summed E-state index contributed by atoms with van der Waals surface area (Å²) in [7, 11) is 0. The average molecular weight is 337 g/mol. The van der Waals surface area contributed by atoms with E-state index in [9.17, 15) is 5.11 Å². The zero-order chi connectivity index (χ0) is 17.8. The third kappa shape index (κ3) is 3.22. The molecule has 0 amide bonds. The number of rotatable bonds is 3. The summed E-state index contributed by atoms with van der Waals surface area (Å²) in [5, 5.41) is 13.6. The van der Waals surface area contributed by atoms with Crippen LogP contribution in [0.4, 0.5) is 5.95 Å². The van der Waals surface area contributed by atoms with E-state index in [1.807, 2.05) is 38.1 Å². The van der Waals surface area contributed by atoms with Gasteiger partial charge in [-0.25, -0.2) is 9.97 Å². The van der Waals surface area contributed by atoms with Crippen LogP contribution in [0.3, 0.4) is 0 Å². The Balaban J connectivity index is 0.000000880. The molecule has 0 saturated carbocycles. The number of hydrogen-bond acceptors (Lipinski definition) is 6. The Morgan fingerprint density at radius 3 is 2.68 bits per heavy atom. The van der Waals surface area contributed by atoms with Gasteiger partial charge in [-0.1, -0.05) is 32.0 Å². The summed E-state index contributed by atoms with van der Waals surface area (Å²) in [5.41, 5.74) is 8.91. The predicted octanol–water partition coefficient (Wildman–Crippen LogP) is 3.15. The summed E-state index contributed by atoms with van der Waals surface area (Å²) in [6.45, 7) is 3.97. The maximum atomic E-state index is 9.26. The Labute approximate surface area is 144 Å². The van der Waals surface area contributed by atoms with Gasteiger partial charge in [0.2, 0.25) is 11.8 Å². The summed E-state index contributed by atoms with van der Waals surface area (Å²) in [6.07, 6.45) is 1.56. The van der Waals surface area contributed by atoms with Crippen LogP contribution in [-0.2, 0) is 6.61 Å². The van der Waals surface area contributed by atoms with Crippen LogP contribution in [-0.4, -0.2) is 24.7 Å². The van der Waals surface area contributed by atoms with Crippen molar-refractivity contribution in [1.29, 1.82) is 0 Å². The molecular formula is C18H19N5O2. The molecule has 0 aliphatic rings. The topological polar surface area (TPSA) is 102 Å². The summed E-state index contributed by atoms with van der Waals surface area (Å²) in [4.78, 5) is 8.80. The molecule has 128 valence electrons. The van der Waals surface area contributed by atoms with Crippen molar-refractivity contribution in [2.24, 2.45) is 0 Å². The molecule has 1 aromatic carbocycles. The molecule has 0 spiro atoms. The second kappa shape index (κ2) is 7.14. The molecule has 0 saturated heterocycles. The quantitative estimate of drug-likeness (QED) is 0.595. The zero-order valence-electron chi connectivity index (χ0n) is 14.0. The minimum absolute atomic E-state index is 0.0286. The van der Waals surface area contributed by atoms with Gasteiger partial charge in [-0.05, 0) is 23.8 Å². The van der Waals surface area contributed by atoms with Gasteiger partial charge in [-0.2, -0.15) is 4.52 Å². The van der Waals surface area contributed by atoms with Crippen LogP contribution in [0.15, 0.2) is 53.1 Å². The van der Waals surface area contributed by atoms with E-state index in [1.165, 1.54) is 4.52 Å². The highest BCUT2D eigenvalue weighted by Crippen LogP contribution is 2.23. The summed E-state index contributed by atoms with van der Waals surface area (Å²) in [5.74, 6) is 1.25. The van der Waals surface area contributed by atoms with Crippen molar-refractivity contribution in [3.05, 3.63) is 54.3 Å². The Morgan fingerprint density at radius 2 is 1.96 bits per heavy atom. The van der Waals surface area contributed by atoms with Crippen LogP contribution in [0.25, 0.3) is 28.5 Å². The van der Waals surface area contributed by atoms with Crippen LogP contribution >= 0.6 is 0 Å². The number of aliphatic hydroxyl groups excluding tert-OH is 1. The Bertz CT molecular complexity index is 976. The van der Waals surface area contributed by atoms with Gasteiger partial charge in [0.1, 0.15) is 0 Å². The highest BCUT2D eigenvalue weighted by atomic mass is 16.3. The van der Waals surface area contributed by atoms with Gasteiger partial charge < -0.3 is 15.3 Å². The highest BCUT2D eigenvalue weighted by Gasteiger charge is 2.13. The number of nitrogens with zero attached hydrogens (tertiary/aromatic N) is 4. The lowest BCUT2D eigenvalue weighted by atomic mass is 10.1. The van der Waals surface area contributed by atoms with E-state index in [2.05, 4.69) is 15.1 Å². The predicted molar refractivity (Wildman–Crippen MR) is 95.6 cm³/mol. The van der Waals surface area contributed by atoms with Crippen molar-refractivity contribution in [2.45, 2.75) is 20.5 Å². The van der Waals surface area contributed by atoms with Crippen LogP contribution in [0.2, 0.25) is 0 Å². The first-order valence-electron chi connectivity index (χ1n) is 8.02. The summed E-state index contributed by atoms with van der Waals surface area (Å²) < 4.78 is 6.78. The second-order valence-corrected chi connectivity index (χ2v) is 5.04. The van der Waals surface area contributed by atoms with Crippen molar-refractivity contribution in [1.82, 2.24) is 19.6 Å². The van der Waals surface area contributed by atoms with Gasteiger partial charge in [-0.15, -0.1) is 5.10 Å². The van der Waals surface area contributed by atoms with Crippen molar-refractivity contribution in [3.8, 4) is 22.8 Å². The molecule has 3 aromatic heterocycles. The molecule has 7 heteroatoms. The molecule has 0 radical (unpaired) electrons. The Hall–Kier alpha value is -3.19. The lowest BCUT2D eigenvalue weighted by molar-refractivity contribution is 0.282. The molecule has 0 aliphatic heterocycles. The van der Waals surface area contributed by atoms with Crippen LogP contribution < -0.4 is 5.73 Å². The first kappa shape index (κ1) is 16.7. The minimum Gasteiger partial charge on any atom is -0.461 e. The van der Waals surface area contributed by atoms with Crippen molar-refractivity contribution >= 4 is 11.6 Å². The SMILES string of the molecule is CC.Nc1nc(-c2cccc(CO)c2)cc2nc(-c3ccco3)nn12. The molecule has 25 heavy (non-hydrogen) atoms. The fourth-order valence-corrected chi connectivity index (χ4v) is 2.40. The lowest BCUT2D eigenvalue weighted by Gasteiger charge is -2.05. The standard InChI is InChI=1S/C16H13N5O2.C2H6/c17-16-18-12(11-4-1-3-10(7-11)9-22)8-14-19-15(20-21(14)16)13-5-2-6-23-13;1-2/h1-8,22H,9H2,(H2,17,18);1-2H3. The first-order valence-corrected chi connectivity index (χ1v) is 8.02. The highest BCUT2D eigenvalue weighted by molar-refractivity contribution is 5.67. The number of aliphatic hydroxyl groups is 1. The maximum Gasteiger partial charge on any atom is 0.223 e. The van der Waals surface area contributed by atoms with Crippen LogP contribution in [0.1, 0.15) is 19.4 Å². The van der Waals surface area contributed by atoms with Crippen LogP contribution in [0.5, 0.6) is 0 Å². The van der Waals surface area contributed by atoms with E-state index in [0.29, 0.717) is 22.9 Å². The molecule has 0 atom stereocenters. The number of benzene rings is 1. The van der Waals surface area contributed by atoms with E-state index in [4.69, 9.17) is 10.2 Å². The fourth-order valence-electron chi connectivity index (χ4n) is 2.40. The molecule has 4 aromatic rings. The maximum absolute atomic E-state index is 9.26. The Morgan fingerprint density at radius 1 is 1.12 bits per heavy atom. The van der Waals surface area contributed by atoms with Crippen molar-refractivity contribution in [2.75, 3.05) is 5.73 Å². The van der Waals surface area contributed by atoms with E-state index < -0.39 is 0 Å². The van der Waals surface area contributed by atoms with Crippen LogP contribution in [0, 0.1) is 0 Å². The second-order valence-electron chi connectivity index (χ2n) is 5.04. The molecular weight excluding hydrogens is 318 g/mol. The zero-order valence-corrected chi connectivity index (χ0v) is 14.0. The molecule has 0 bridgehead atoms. The van der Waals surface area contributed by atoms with E-state index in [0.717, 1.165) is 11.1 Å². The van der Waals surface area contributed by atoms with Gasteiger partial charge in [0, 0.05) is 11.6 Å². The first-order chi connectivity index (χ1) is 12.2. The molecule has 3 heterocycles. The van der Waals surface area contributed by atoms with Gasteiger partial charge in [0.25, 0.3) is 0 Å². The molecule has 3 N–H and O–H groups in total. The summed E-state index contributed by atoms with van der Waals surface area (Å²) in [6, 6.07) is 12.8. The number of nitrogen functional groups attached to an aromatic ring is 1.